The van der Waals surface area contributed by atoms with E-state index in [2.05, 4.69) is 49.7 Å². The molecule has 5 heteroatoms. The second-order valence-corrected chi connectivity index (χ2v) is 7.69. The molecule has 0 amide bonds. The Bertz CT molecular complexity index is 739. The predicted molar refractivity (Wildman–Crippen MR) is 112 cm³/mol. The Morgan fingerprint density at radius 3 is 2.31 bits per heavy atom. The van der Waals surface area contributed by atoms with E-state index in [4.69, 9.17) is 17.3 Å². The summed E-state index contributed by atoms with van der Waals surface area (Å²) in [5, 5.41) is 9.74. The molecule has 1 aromatic heterocycles. The van der Waals surface area contributed by atoms with Gasteiger partial charge in [0.05, 0.1) is 22.1 Å². The number of nitrogen functional groups attached to an aromatic ring is 1. The highest BCUT2D eigenvalue weighted by Crippen LogP contribution is 2.34. The third-order valence-corrected chi connectivity index (χ3v) is 5.37. The molecule has 2 rings (SSSR count). The van der Waals surface area contributed by atoms with Crippen molar-refractivity contribution in [3.8, 4) is 11.3 Å². The van der Waals surface area contributed by atoms with E-state index >= 15 is 0 Å². The van der Waals surface area contributed by atoms with Crippen LogP contribution in [0.2, 0.25) is 5.02 Å². The maximum atomic E-state index is 6.58. The molecule has 0 aliphatic carbocycles. The summed E-state index contributed by atoms with van der Waals surface area (Å²) in [4.78, 5) is 2.43. The van der Waals surface area contributed by atoms with E-state index in [1.165, 1.54) is 0 Å². The smallest absolute Gasteiger partial charge is 0.0997 e. The summed E-state index contributed by atoms with van der Waals surface area (Å²) < 4.78 is 0. The minimum atomic E-state index is -0.0261. The molecule has 142 valence electrons. The molecule has 0 saturated heterocycles. The number of nitrogens with two attached hydrogens (primary N) is 1. The number of rotatable bonds is 8. The first-order chi connectivity index (χ1) is 12.4. The van der Waals surface area contributed by atoms with Crippen molar-refractivity contribution >= 4 is 17.3 Å². The summed E-state index contributed by atoms with van der Waals surface area (Å²) in [6.45, 7) is 13.0. The number of aromatic nitrogens is 2. The Hall–Kier alpha value is -1.65. The molecular formula is C21H31ClN4. The van der Waals surface area contributed by atoms with Crippen LogP contribution >= 0.6 is 11.6 Å². The van der Waals surface area contributed by atoms with E-state index in [1.54, 1.807) is 0 Å². The van der Waals surface area contributed by atoms with Crippen LogP contribution in [0, 0.1) is 0 Å². The van der Waals surface area contributed by atoms with Gasteiger partial charge in [-0.25, -0.2) is 0 Å². The van der Waals surface area contributed by atoms with Crippen molar-refractivity contribution in [1.82, 2.24) is 15.1 Å². The van der Waals surface area contributed by atoms with Gasteiger partial charge in [-0.05, 0) is 39.4 Å². The maximum Gasteiger partial charge on any atom is 0.0997 e. The molecule has 1 aromatic carbocycles. The SMILES string of the molecule is CCCc1c(-c2ccccc2Cl)nnc(CC(C)(C)N(CC)CC)c1N. The van der Waals surface area contributed by atoms with Gasteiger partial charge in [0.25, 0.3) is 0 Å². The molecule has 1 heterocycles. The minimum absolute atomic E-state index is 0.0261. The fourth-order valence-corrected chi connectivity index (χ4v) is 3.86. The Kier molecular flexibility index (Phi) is 7.01. The van der Waals surface area contributed by atoms with Crippen molar-refractivity contribution in [2.24, 2.45) is 0 Å². The second-order valence-electron chi connectivity index (χ2n) is 7.28. The van der Waals surface area contributed by atoms with Crippen LogP contribution in [-0.2, 0) is 12.8 Å². The maximum absolute atomic E-state index is 6.58. The highest BCUT2D eigenvalue weighted by molar-refractivity contribution is 6.33. The van der Waals surface area contributed by atoms with Crippen molar-refractivity contribution < 1.29 is 0 Å². The molecule has 0 saturated carbocycles. The molecule has 0 atom stereocenters. The zero-order valence-corrected chi connectivity index (χ0v) is 17.4. The van der Waals surface area contributed by atoms with Gasteiger partial charge < -0.3 is 5.73 Å². The summed E-state index contributed by atoms with van der Waals surface area (Å²) in [6, 6.07) is 7.74. The fourth-order valence-electron chi connectivity index (χ4n) is 3.63. The lowest BCUT2D eigenvalue weighted by atomic mass is 9.92. The standard InChI is InChI=1S/C21H31ClN4/c1-6-11-16-19(23)18(14-21(4,5)26(7-2)8-3)24-25-20(16)15-12-9-10-13-17(15)22/h9-10,12-13H,6-8,11,14H2,1-5H3,(H2,23,25). The molecule has 4 nitrogen and oxygen atoms in total. The largest absolute Gasteiger partial charge is 0.397 e. The Labute approximate surface area is 162 Å². The number of anilines is 1. The van der Waals surface area contributed by atoms with Gasteiger partial charge >= 0.3 is 0 Å². The first kappa shape index (κ1) is 20.7. The van der Waals surface area contributed by atoms with E-state index < -0.39 is 0 Å². The average molecular weight is 375 g/mol. The molecule has 0 unspecified atom stereocenters. The van der Waals surface area contributed by atoms with Gasteiger partial charge in [0.15, 0.2) is 0 Å². The molecule has 26 heavy (non-hydrogen) atoms. The second kappa shape index (κ2) is 8.83. The molecule has 0 aliphatic heterocycles. The van der Waals surface area contributed by atoms with Gasteiger partial charge in [0.2, 0.25) is 0 Å². The van der Waals surface area contributed by atoms with Crippen molar-refractivity contribution in [2.75, 3.05) is 18.8 Å². The number of benzene rings is 1. The van der Waals surface area contributed by atoms with Crippen LogP contribution < -0.4 is 5.73 Å². The first-order valence-electron chi connectivity index (χ1n) is 9.49. The highest BCUT2D eigenvalue weighted by Gasteiger charge is 2.28. The lowest BCUT2D eigenvalue weighted by molar-refractivity contribution is 0.134. The van der Waals surface area contributed by atoms with Crippen molar-refractivity contribution in [1.29, 1.82) is 0 Å². The molecule has 0 fully saturated rings. The van der Waals surface area contributed by atoms with Gasteiger partial charge in [0, 0.05) is 23.1 Å². The fraction of sp³-hybridized carbons (Fsp3) is 0.524. The Morgan fingerprint density at radius 1 is 1.08 bits per heavy atom. The van der Waals surface area contributed by atoms with Gasteiger partial charge in [-0.1, -0.05) is 57.0 Å². The van der Waals surface area contributed by atoms with Crippen LogP contribution in [0.1, 0.15) is 52.3 Å². The van der Waals surface area contributed by atoms with Crippen LogP contribution in [-0.4, -0.2) is 33.7 Å². The summed E-state index contributed by atoms with van der Waals surface area (Å²) in [5.74, 6) is 0. The number of halogens is 1. The number of nitrogens with zero attached hydrogens (tertiary/aromatic N) is 3. The minimum Gasteiger partial charge on any atom is -0.397 e. The number of likely N-dealkylation sites (N-methyl/N-ethyl adjacent to an activating group) is 1. The van der Waals surface area contributed by atoms with E-state index in [0.717, 1.165) is 60.6 Å². The molecule has 0 bridgehead atoms. The monoisotopic (exact) mass is 374 g/mol. The van der Waals surface area contributed by atoms with Gasteiger partial charge in [-0.3, -0.25) is 4.90 Å². The third kappa shape index (κ3) is 4.36. The Balaban J connectivity index is 2.49. The van der Waals surface area contributed by atoms with Crippen LogP contribution in [0.25, 0.3) is 11.3 Å². The quantitative estimate of drug-likeness (QED) is 0.706. The summed E-state index contributed by atoms with van der Waals surface area (Å²) >= 11 is 6.39. The van der Waals surface area contributed by atoms with Crippen LogP contribution in [0.3, 0.4) is 0 Å². The van der Waals surface area contributed by atoms with Crippen LogP contribution in [0.15, 0.2) is 24.3 Å². The molecule has 0 aliphatic rings. The average Bonchev–Trinajstić information content (AvgIpc) is 2.60. The van der Waals surface area contributed by atoms with Crippen molar-refractivity contribution in [3.63, 3.8) is 0 Å². The lowest BCUT2D eigenvalue weighted by Gasteiger charge is -2.37. The van der Waals surface area contributed by atoms with E-state index in [0.29, 0.717) is 5.02 Å². The molecule has 2 N–H and O–H groups in total. The van der Waals surface area contributed by atoms with Gasteiger partial charge in [0.1, 0.15) is 0 Å². The number of hydrogen-bond donors (Lipinski definition) is 1. The summed E-state index contributed by atoms with van der Waals surface area (Å²) in [5.41, 5.74) is 11.0. The van der Waals surface area contributed by atoms with E-state index in [1.807, 2.05) is 24.3 Å². The highest BCUT2D eigenvalue weighted by atomic mass is 35.5. The van der Waals surface area contributed by atoms with Crippen molar-refractivity contribution in [2.45, 2.75) is 59.4 Å². The molecular weight excluding hydrogens is 344 g/mol. The topological polar surface area (TPSA) is 55.0 Å². The third-order valence-electron chi connectivity index (χ3n) is 5.04. The first-order valence-corrected chi connectivity index (χ1v) is 9.87. The predicted octanol–water partition coefficient (Wildman–Crippen LogP) is 4.99. The molecule has 2 aromatic rings. The van der Waals surface area contributed by atoms with E-state index in [9.17, 15) is 0 Å². The summed E-state index contributed by atoms with van der Waals surface area (Å²) in [6.07, 6.45) is 2.62. The van der Waals surface area contributed by atoms with E-state index in [-0.39, 0.29) is 5.54 Å². The molecule has 0 radical (unpaired) electrons. The Morgan fingerprint density at radius 2 is 1.73 bits per heavy atom. The summed E-state index contributed by atoms with van der Waals surface area (Å²) in [7, 11) is 0. The zero-order valence-electron chi connectivity index (χ0n) is 16.6. The van der Waals surface area contributed by atoms with Gasteiger partial charge in [-0.2, -0.15) is 5.10 Å². The van der Waals surface area contributed by atoms with Crippen LogP contribution in [0.5, 0.6) is 0 Å². The number of hydrogen-bond acceptors (Lipinski definition) is 4. The van der Waals surface area contributed by atoms with Gasteiger partial charge in [-0.15, -0.1) is 5.10 Å². The lowest BCUT2D eigenvalue weighted by Crippen LogP contribution is -2.45. The normalized spacial score (nSPS) is 12.0. The zero-order chi connectivity index (χ0) is 19.3. The van der Waals surface area contributed by atoms with Crippen LogP contribution in [0.4, 0.5) is 5.69 Å². The molecule has 0 spiro atoms. The van der Waals surface area contributed by atoms with Crippen molar-refractivity contribution in [3.05, 3.63) is 40.5 Å².